The average molecular weight is 267 g/mol. The zero-order chi connectivity index (χ0) is 13.1. The van der Waals surface area contributed by atoms with Crippen LogP contribution < -0.4 is 0 Å². The lowest BCUT2D eigenvalue weighted by Gasteiger charge is -2.47. The summed E-state index contributed by atoms with van der Waals surface area (Å²) in [5.41, 5.74) is -0.316. The van der Waals surface area contributed by atoms with Gasteiger partial charge in [0.15, 0.2) is 0 Å². The van der Waals surface area contributed by atoms with Crippen molar-refractivity contribution in [2.24, 2.45) is 5.92 Å². The lowest BCUT2D eigenvalue weighted by molar-refractivity contribution is -0.0956. The van der Waals surface area contributed by atoms with E-state index in [-0.39, 0.29) is 5.60 Å². The minimum absolute atomic E-state index is 0.316. The van der Waals surface area contributed by atoms with Crippen LogP contribution in [0.5, 0.6) is 0 Å². The maximum atomic E-state index is 10.7. The molecule has 0 aromatic heterocycles. The van der Waals surface area contributed by atoms with Crippen molar-refractivity contribution in [2.75, 3.05) is 26.2 Å². The predicted octanol–water partition coefficient (Wildman–Crippen LogP) is 2.57. The first-order valence-corrected chi connectivity index (χ1v) is 8.33. The molecule has 2 saturated heterocycles. The SMILES string of the molecule is OC12CCCCC1CN(CCCC1CCCO1)CC2. The van der Waals surface area contributed by atoms with E-state index in [1.54, 1.807) is 0 Å². The Labute approximate surface area is 117 Å². The predicted molar refractivity (Wildman–Crippen MR) is 76.2 cm³/mol. The van der Waals surface area contributed by atoms with Gasteiger partial charge in [-0.25, -0.2) is 0 Å². The second-order valence-electron chi connectivity index (χ2n) is 6.87. The first kappa shape index (κ1) is 13.8. The van der Waals surface area contributed by atoms with Crippen LogP contribution in [0.3, 0.4) is 0 Å². The quantitative estimate of drug-likeness (QED) is 0.850. The summed E-state index contributed by atoms with van der Waals surface area (Å²) in [4.78, 5) is 2.58. The maximum absolute atomic E-state index is 10.7. The van der Waals surface area contributed by atoms with Gasteiger partial charge in [-0.2, -0.15) is 0 Å². The smallest absolute Gasteiger partial charge is 0.0700 e. The highest BCUT2D eigenvalue weighted by Gasteiger charge is 2.42. The van der Waals surface area contributed by atoms with Crippen LogP contribution in [0.4, 0.5) is 0 Å². The minimum atomic E-state index is -0.316. The topological polar surface area (TPSA) is 32.7 Å². The lowest BCUT2D eigenvalue weighted by Crippen LogP contribution is -2.53. The average Bonchev–Trinajstić information content (AvgIpc) is 2.92. The normalized spacial score (nSPS) is 40.3. The lowest BCUT2D eigenvalue weighted by atomic mass is 9.71. The summed E-state index contributed by atoms with van der Waals surface area (Å²) in [5.74, 6) is 0.540. The van der Waals surface area contributed by atoms with Gasteiger partial charge in [-0.3, -0.25) is 0 Å². The van der Waals surface area contributed by atoms with Crippen molar-refractivity contribution in [3.63, 3.8) is 0 Å². The van der Waals surface area contributed by atoms with Gasteiger partial charge in [0.05, 0.1) is 11.7 Å². The Morgan fingerprint density at radius 1 is 1.16 bits per heavy atom. The Morgan fingerprint density at radius 2 is 2.11 bits per heavy atom. The van der Waals surface area contributed by atoms with Crippen molar-refractivity contribution in [3.8, 4) is 0 Å². The molecule has 1 N–H and O–H groups in total. The molecule has 0 bridgehead atoms. The molecule has 2 heterocycles. The number of nitrogens with zero attached hydrogens (tertiary/aromatic N) is 1. The third-order valence-electron chi connectivity index (χ3n) is 5.54. The second kappa shape index (κ2) is 6.11. The first-order valence-electron chi connectivity index (χ1n) is 8.33. The number of hydrogen-bond donors (Lipinski definition) is 1. The van der Waals surface area contributed by atoms with Crippen LogP contribution in [-0.2, 0) is 4.74 Å². The van der Waals surface area contributed by atoms with Gasteiger partial charge < -0.3 is 14.7 Å². The van der Waals surface area contributed by atoms with Gasteiger partial charge in [-0.05, 0) is 51.5 Å². The summed E-state index contributed by atoms with van der Waals surface area (Å²) >= 11 is 0. The molecule has 0 spiro atoms. The Kier molecular flexibility index (Phi) is 4.45. The van der Waals surface area contributed by atoms with Crippen LogP contribution in [0.25, 0.3) is 0 Å². The summed E-state index contributed by atoms with van der Waals surface area (Å²) in [5, 5.41) is 10.7. The number of piperidine rings is 1. The number of aliphatic hydroxyl groups is 1. The highest BCUT2D eigenvalue weighted by molar-refractivity contribution is 4.95. The van der Waals surface area contributed by atoms with E-state index < -0.39 is 0 Å². The first-order chi connectivity index (χ1) is 9.26. The number of fused-ring (bicyclic) bond motifs is 1. The zero-order valence-corrected chi connectivity index (χ0v) is 12.1. The second-order valence-corrected chi connectivity index (χ2v) is 6.87. The Hall–Kier alpha value is -0.120. The van der Waals surface area contributed by atoms with Gasteiger partial charge >= 0.3 is 0 Å². The van der Waals surface area contributed by atoms with Gasteiger partial charge in [-0.1, -0.05) is 12.8 Å². The van der Waals surface area contributed by atoms with Crippen molar-refractivity contribution >= 4 is 0 Å². The minimum Gasteiger partial charge on any atom is -0.390 e. The molecule has 3 aliphatic rings. The molecule has 3 fully saturated rings. The molecule has 1 aliphatic carbocycles. The Balaban J connectivity index is 1.40. The molecule has 0 aromatic carbocycles. The van der Waals surface area contributed by atoms with Gasteiger partial charge in [0.2, 0.25) is 0 Å². The Bertz CT molecular complexity index is 290. The summed E-state index contributed by atoms with van der Waals surface area (Å²) in [6.45, 7) is 4.40. The van der Waals surface area contributed by atoms with Crippen molar-refractivity contribution in [1.82, 2.24) is 4.90 Å². The van der Waals surface area contributed by atoms with Crippen LogP contribution in [0.1, 0.15) is 57.8 Å². The molecule has 3 heteroatoms. The third kappa shape index (κ3) is 3.32. The molecule has 0 aromatic rings. The Morgan fingerprint density at radius 3 is 2.95 bits per heavy atom. The largest absolute Gasteiger partial charge is 0.390 e. The van der Waals surface area contributed by atoms with E-state index in [4.69, 9.17) is 4.74 Å². The molecule has 110 valence electrons. The van der Waals surface area contributed by atoms with Crippen molar-refractivity contribution < 1.29 is 9.84 Å². The number of likely N-dealkylation sites (tertiary alicyclic amines) is 1. The molecule has 3 atom stereocenters. The van der Waals surface area contributed by atoms with Crippen LogP contribution in [-0.4, -0.2) is 48.0 Å². The molecule has 3 nitrogen and oxygen atoms in total. The number of hydrogen-bond acceptors (Lipinski definition) is 3. The molecule has 3 rings (SSSR count). The fraction of sp³-hybridized carbons (Fsp3) is 1.00. The van der Waals surface area contributed by atoms with E-state index >= 15 is 0 Å². The number of rotatable bonds is 4. The zero-order valence-electron chi connectivity index (χ0n) is 12.1. The highest BCUT2D eigenvalue weighted by Crippen LogP contribution is 2.39. The highest BCUT2D eigenvalue weighted by atomic mass is 16.5. The standard InChI is InChI=1S/C16H29NO2/c18-16-8-2-1-5-14(16)13-17(11-9-16)10-3-6-15-7-4-12-19-15/h14-15,18H,1-13H2. The van der Waals surface area contributed by atoms with Crippen molar-refractivity contribution in [3.05, 3.63) is 0 Å². The van der Waals surface area contributed by atoms with E-state index in [2.05, 4.69) is 4.90 Å². The molecular weight excluding hydrogens is 238 g/mol. The molecule has 1 saturated carbocycles. The summed E-state index contributed by atoms with van der Waals surface area (Å²) < 4.78 is 5.69. The number of ether oxygens (including phenoxy) is 1. The molecular formula is C16H29NO2. The maximum Gasteiger partial charge on any atom is 0.0700 e. The summed E-state index contributed by atoms with van der Waals surface area (Å²) in [7, 11) is 0. The van der Waals surface area contributed by atoms with Crippen LogP contribution in [0.2, 0.25) is 0 Å². The van der Waals surface area contributed by atoms with E-state index in [9.17, 15) is 5.11 Å². The van der Waals surface area contributed by atoms with Crippen LogP contribution >= 0.6 is 0 Å². The molecule has 0 amide bonds. The monoisotopic (exact) mass is 267 g/mol. The van der Waals surface area contributed by atoms with Gasteiger partial charge in [-0.15, -0.1) is 0 Å². The fourth-order valence-corrected chi connectivity index (χ4v) is 4.26. The summed E-state index contributed by atoms with van der Waals surface area (Å²) in [6.07, 6.45) is 11.4. The molecule has 2 aliphatic heterocycles. The van der Waals surface area contributed by atoms with Crippen molar-refractivity contribution in [1.29, 1.82) is 0 Å². The van der Waals surface area contributed by atoms with Gasteiger partial charge in [0.25, 0.3) is 0 Å². The third-order valence-corrected chi connectivity index (χ3v) is 5.54. The van der Waals surface area contributed by atoms with Crippen LogP contribution in [0.15, 0.2) is 0 Å². The van der Waals surface area contributed by atoms with Gasteiger partial charge in [0, 0.05) is 25.6 Å². The van der Waals surface area contributed by atoms with Crippen LogP contribution in [0, 0.1) is 5.92 Å². The molecule has 3 unspecified atom stereocenters. The van der Waals surface area contributed by atoms with E-state index in [1.807, 2.05) is 0 Å². The van der Waals surface area contributed by atoms with E-state index in [0.717, 1.165) is 32.5 Å². The van der Waals surface area contributed by atoms with Crippen molar-refractivity contribution in [2.45, 2.75) is 69.5 Å². The van der Waals surface area contributed by atoms with Gasteiger partial charge in [0.1, 0.15) is 0 Å². The molecule has 19 heavy (non-hydrogen) atoms. The molecule has 0 radical (unpaired) electrons. The summed E-state index contributed by atoms with van der Waals surface area (Å²) in [6, 6.07) is 0. The van der Waals surface area contributed by atoms with E-state index in [1.165, 1.54) is 51.5 Å². The van der Waals surface area contributed by atoms with E-state index in [0.29, 0.717) is 12.0 Å². The fourth-order valence-electron chi connectivity index (χ4n) is 4.26.